The molecule has 2 N–H and O–H groups in total. The lowest BCUT2D eigenvalue weighted by Crippen LogP contribution is -2.40. The zero-order valence-electron chi connectivity index (χ0n) is 17.3. The van der Waals surface area contributed by atoms with Gasteiger partial charge in [-0.3, -0.25) is 14.2 Å². The molecule has 1 unspecified atom stereocenters. The molecular weight excluding hydrogens is 366 g/mol. The van der Waals surface area contributed by atoms with Crippen molar-refractivity contribution < 1.29 is 4.79 Å². The fourth-order valence-corrected chi connectivity index (χ4v) is 4.06. The van der Waals surface area contributed by atoms with Gasteiger partial charge in [-0.05, 0) is 49.9 Å². The van der Waals surface area contributed by atoms with Gasteiger partial charge in [-0.25, -0.2) is 4.52 Å². The highest BCUT2D eigenvalue weighted by Gasteiger charge is 2.25. The molecular formula is C22H27N5O2. The largest absolute Gasteiger partial charge is 0.355 e. The van der Waals surface area contributed by atoms with Crippen molar-refractivity contribution in [2.45, 2.75) is 46.2 Å². The lowest BCUT2D eigenvalue weighted by Gasteiger charge is -2.25. The molecule has 2 aromatic heterocycles. The first kappa shape index (κ1) is 19.4. The second kappa shape index (κ2) is 7.48. The maximum atomic E-state index is 13.6. The summed E-state index contributed by atoms with van der Waals surface area (Å²) in [6.45, 7) is 7.03. The molecule has 1 aliphatic heterocycles. The Morgan fingerprint density at radius 3 is 2.69 bits per heavy atom. The van der Waals surface area contributed by atoms with Crippen LogP contribution in [0.2, 0.25) is 0 Å². The average molecular weight is 393 g/mol. The topological polar surface area (TPSA) is 80.4 Å². The van der Waals surface area contributed by atoms with Gasteiger partial charge in [0.05, 0.1) is 17.6 Å². The van der Waals surface area contributed by atoms with Crippen molar-refractivity contribution in [2.24, 2.45) is 5.92 Å². The number of benzene rings is 1. The van der Waals surface area contributed by atoms with E-state index in [0.717, 1.165) is 34.6 Å². The Labute approximate surface area is 169 Å². The molecule has 0 spiro atoms. The van der Waals surface area contributed by atoms with E-state index < -0.39 is 0 Å². The quantitative estimate of drug-likeness (QED) is 0.711. The van der Waals surface area contributed by atoms with Gasteiger partial charge in [0.1, 0.15) is 5.65 Å². The second-order valence-corrected chi connectivity index (χ2v) is 8.18. The monoisotopic (exact) mass is 393 g/mol. The molecule has 0 saturated heterocycles. The second-order valence-electron chi connectivity index (χ2n) is 8.18. The summed E-state index contributed by atoms with van der Waals surface area (Å²) in [4.78, 5) is 25.5. The summed E-state index contributed by atoms with van der Waals surface area (Å²) in [5.74, 6) is 0.292. The number of rotatable bonds is 4. The zero-order valence-corrected chi connectivity index (χ0v) is 17.3. The third-order valence-electron chi connectivity index (χ3n) is 5.47. The van der Waals surface area contributed by atoms with Crippen molar-refractivity contribution in [2.75, 3.05) is 7.05 Å². The molecule has 3 heterocycles. The minimum atomic E-state index is -0.149. The third kappa shape index (κ3) is 3.35. The molecule has 0 saturated carbocycles. The molecule has 1 aromatic carbocycles. The molecule has 7 heteroatoms. The Bertz CT molecular complexity index is 1120. The number of aromatic nitrogens is 3. The van der Waals surface area contributed by atoms with Crippen molar-refractivity contribution in [3.05, 3.63) is 63.2 Å². The molecule has 0 fully saturated rings. The van der Waals surface area contributed by atoms with Gasteiger partial charge in [0, 0.05) is 36.3 Å². The van der Waals surface area contributed by atoms with Gasteiger partial charge in [0.2, 0.25) is 0 Å². The molecule has 1 aliphatic rings. The van der Waals surface area contributed by atoms with Crippen LogP contribution in [0.25, 0.3) is 11.3 Å². The Kier molecular flexibility index (Phi) is 5.00. The van der Waals surface area contributed by atoms with E-state index in [1.807, 2.05) is 22.8 Å². The summed E-state index contributed by atoms with van der Waals surface area (Å²) in [7, 11) is 1.60. The first-order valence-electron chi connectivity index (χ1n) is 10.1. The molecule has 1 atom stereocenters. The first-order valence-corrected chi connectivity index (χ1v) is 10.1. The van der Waals surface area contributed by atoms with Gasteiger partial charge in [-0.15, -0.1) is 0 Å². The van der Waals surface area contributed by atoms with E-state index in [-0.39, 0.29) is 17.5 Å². The van der Waals surface area contributed by atoms with Gasteiger partial charge in [0.25, 0.3) is 11.5 Å². The first-order chi connectivity index (χ1) is 13.9. The molecule has 1 amide bonds. The number of carbonyl (C=O) groups excluding carboxylic acids is 1. The van der Waals surface area contributed by atoms with Crippen LogP contribution < -0.4 is 16.2 Å². The smallest absolute Gasteiger partial charge is 0.261 e. The summed E-state index contributed by atoms with van der Waals surface area (Å²) in [5, 5.41) is 10.7. The summed E-state index contributed by atoms with van der Waals surface area (Å²) >= 11 is 0. The maximum Gasteiger partial charge on any atom is 0.261 e. The van der Waals surface area contributed by atoms with Crippen LogP contribution in [0.15, 0.2) is 35.3 Å². The molecule has 152 valence electrons. The molecule has 0 aliphatic carbocycles. The van der Waals surface area contributed by atoms with Gasteiger partial charge >= 0.3 is 0 Å². The Morgan fingerprint density at radius 2 is 2.03 bits per heavy atom. The van der Waals surface area contributed by atoms with Crippen LogP contribution >= 0.6 is 0 Å². The molecule has 0 radical (unpaired) electrons. The van der Waals surface area contributed by atoms with E-state index in [1.54, 1.807) is 23.7 Å². The SMILES string of the molecule is CNC(=O)c1ccc(-n2c(=O)c3c(n4ncc(CC(C)C)c24)CNC(C)C3)cc1. The minimum Gasteiger partial charge on any atom is -0.355 e. The number of amides is 1. The number of hydrogen-bond acceptors (Lipinski definition) is 4. The minimum absolute atomic E-state index is 0.000880. The van der Waals surface area contributed by atoms with Gasteiger partial charge < -0.3 is 10.6 Å². The van der Waals surface area contributed by atoms with E-state index >= 15 is 0 Å². The molecule has 7 nitrogen and oxygen atoms in total. The van der Waals surface area contributed by atoms with Crippen LogP contribution in [0.3, 0.4) is 0 Å². The van der Waals surface area contributed by atoms with Gasteiger partial charge in [0.15, 0.2) is 0 Å². The van der Waals surface area contributed by atoms with Crippen LogP contribution in [0, 0.1) is 5.92 Å². The standard InChI is InChI=1S/C22H27N5O2/c1-13(2)9-16-11-25-27-19-12-24-14(3)10-18(19)22(29)26(21(16)27)17-7-5-15(6-8-17)20(28)23-4/h5-8,11,13-14,24H,9-10,12H2,1-4H3,(H,23,28). The van der Waals surface area contributed by atoms with E-state index in [1.165, 1.54) is 0 Å². The van der Waals surface area contributed by atoms with Crippen molar-refractivity contribution in [3.63, 3.8) is 0 Å². The molecule has 3 aromatic rings. The molecule has 0 bridgehead atoms. The maximum absolute atomic E-state index is 13.6. The summed E-state index contributed by atoms with van der Waals surface area (Å²) in [6.07, 6.45) is 3.38. The van der Waals surface area contributed by atoms with Crippen LogP contribution in [0.5, 0.6) is 0 Å². The summed E-state index contributed by atoms with van der Waals surface area (Å²) in [5.41, 5.74) is 4.91. The Hall–Kier alpha value is -2.93. The predicted molar refractivity (Wildman–Crippen MR) is 113 cm³/mol. The van der Waals surface area contributed by atoms with Crippen molar-refractivity contribution in [1.29, 1.82) is 0 Å². The van der Waals surface area contributed by atoms with E-state index in [2.05, 4.69) is 36.5 Å². The number of carbonyl (C=O) groups is 1. The number of nitrogens with one attached hydrogen (secondary N) is 2. The zero-order chi connectivity index (χ0) is 20.7. The summed E-state index contributed by atoms with van der Waals surface area (Å²) < 4.78 is 3.68. The van der Waals surface area contributed by atoms with E-state index in [9.17, 15) is 9.59 Å². The fourth-order valence-electron chi connectivity index (χ4n) is 4.06. The number of hydrogen-bond donors (Lipinski definition) is 2. The molecule has 29 heavy (non-hydrogen) atoms. The number of fused-ring (bicyclic) bond motifs is 3. The van der Waals surface area contributed by atoms with Gasteiger partial charge in [-0.1, -0.05) is 13.8 Å². The van der Waals surface area contributed by atoms with E-state index in [0.29, 0.717) is 24.4 Å². The highest BCUT2D eigenvalue weighted by Crippen LogP contribution is 2.23. The third-order valence-corrected chi connectivity index (χ3v) is 5.47. The van der Waals surface area contributed by atoms with Crippen LogP contribution in [-0.4, -0.2) is 33.2 Å². The highest BCUT2D eigenvalue weighted by atomic mass is 16.1. The Balaban J connectivity index is 1.98. The highest BCUT2D eigenvalue weighted by molar-refractivity contribution is 5.94. The van der Waals surface area contributed by atoms with Crippen LogP contribution in [-0.2, 0) is 19.4 Å². The lowest BCUT2D eigenvalue weighted by atomic mass is 10.0. The van der Waals surface area contributed by atoms with Crippen LogP contribution in [0.1, 0.15) is 48.0 Å². The van der Waals surface area contributed by atoms with Crippen LogP contribution in [0.4, 0.5) is 0 Å². The van der Waals surface area contributed by atoms with Gasteiger partial charge in [-0.2, -0.15) is 5.10 Å². The predicted octanol–water partition coefficient (Wildman–Crippen LogP) is 2.08. The Morgan fingerprint density at radius 1 is 1.31 bits per heavy atom. The normalized spacial score (nSPS) is 16.2. The average Bonchev–Trinajstić information content (AvgIpc) is 3.10. The lowest BCUT2D eigenvalue weighted by molar-refractivity contribution is 0.0963. The van der Waals surface area contributed by atoms with E-state index in [4.69, 9.17) is 0 Å². The molecule has 4 rings (SSSR count). The number of nitrogens with zero attached hydrogens (tertiary/aromatic N) is 3. The van der Waals surface area contributed by atoms with Crippen molar-refractivity contribution in [3.8, 4) is 5.69 Å². The van der Waals surface area contributed by atoms with Crippen molar-refractivity contribution >= 4 is 11.6 Å². The van der Waals surface area contributed by atoms with Crippen molar-refractivity contribution in [1.82, 2.24) is 24.8 Å². The summed E-state index contributed by atoms with van der Waals surface area (Å²) in [6, 6.07) is 7.39. The fraction of sp³-hybridized carbons (Fsp3) is 0.409.